The van der Waals surface area contributed by atoms with Gasteiger partial charge in [-0.3, -0.25) is 9.78 Å². The fourth-order valence-electron chi connectivity index (χ4n) is 2.62. The number of hydrogen-bond donors (Lipinski definition) is 3. The first-order valence-electron chi connectivity index (χ1n) is 8.44. The number of nitrogens with zero attached hydrogens (tertiary/aromatic N) is 2. The molecule has 0 amide bonds. The molecule has 3 aromatic rings. The number of aromatic nitrogens is 2. The molecule has 0 saturated carbocycles. The SMILES string of the molecule is COc1ccc(N/C(N)=N/c2nc(C)c(Cc3ccccc3)c(=O)[nH]2)cc1. The van der Waals surface area contributed by atoms with E-state index in [2.05, 4.69) is 20.3 Å². The van der Waals surface area contributed by atoms with E-state index in [4.69, 9.17) is 10.5 Å². The van der Waals surface area contributed by atoms with Crippen molar-refractivity contribution in [1.82, 2.24) is 9.97 Å². The number of aromatic amines is 1. The maximum absolute atomic E-state index is 12.4. The van der Waals surface area contributed by atoms with Crippen LogP contribution < -0.4 is 21.3 Å². The molecular formula is C20H21N5O2. The van der Waals surface area contributed by atoms with Crippen molar-refractivity contribution in [3.05, 3.63) is 81.8 Å². The molecule has 0 radical (unpaired) electrons. The van der Waals surface area contributed by atoms with Crippen molar-refractivity contribution in [3.63, 3.8) is 0 Å². The van der Waals surface area contributed by atoms with Crippen LogP contribution in [-0.4, -0.2) is 23.0 Å². The zero-order chi connectivity index (χ0) is 19.2. The van der Waals surface area contributed by atoms with E-state index >= 15 is 0 Å². The molecule has 138 valence electrons. The Bertz CT molecular complexity index is 995. The van der Waals surface area contributed by atoms with Crippen LogP contribution in [0.25, 0.3) is 0 Å². The van der Waals surface area contributed by atoms with E-state index in [1.165, 1.54) is 0 Å². The lowest BCUT2D eigenvalue weighted by molar-refractivity contribution is 0.415. The van der Waals surface area contributed by atoms with Gasteiger partial charge in [-0.05, 0) is 36.8 Å². The Kier molecular flexibility index (Phi) is 5.51. The number of aryl methyl sites for hydroxylation is 1. The van der Waals surface area contributed by atoms with Crippen molar-refractivity contribution in [1.29, 1.82) is 0 Å². The molecule has 0 aliphatic carbocycles. The second kappa shape index (κ2) is 8.18. The molecule has 0 aliphatic heterocycles. The molecule has 0 atom stereocenters. The number of nitrogens with one attached hydrogen (secondary N) is 2. The average molecular weight is 363 g/mol. The molecule has 0 unspecified atom stereocenters. The minimum absolute atomic E-state index is 0.124. The molecule has 0 bridgehead atoms. The van der Waals surface area contributed by atoms with Gasteiger partial charge >= 0.3 is 0 Å². The highest BCUT2D eigenvalue weighted by Gasteiger charge is 2.09. The summed E-state index contributed by atoms with van der Waals surface area (Å²) in [6, 6.07) is 17.0. The van der Waals surface area contributed by atoms with Gasteiger partial charge < -0.3 is 15.8 Å². The van der Waals surface area contributed by atoms with Gasteiger partial charge in [-0.15, -0.1) is 0 Å². The number of rotatable bonds is 5. The highest BCUT2D eigenvalue weighted by Crippen LogP contribution is 2.15. The fourth-order valence-corrected chi connectivity index (χ4v) is 2.62. The summed E-state index contributed by atoms with van der Waals surface area (Å²) >= 11 is 0. The van der Waals surface area contributed by atoms with Crippen LogP contribution in [0.2, 0.25) is 0 Å². The summed E-state index contributed by atoms with van der Waals surface area (Å²) in [5.41, 5.74) is 8.73. The zero-order valence-corrected chi connectivity index (χ0v) is 15.2. The standard InChI is InChI=1S/C20H21N5O2/c1-13-17(12-14-6-4-3-5-7-14)18(26)24-20(22-13)25-19(21)23-15-8-10-16(27-2)11-9-15/h3-11H,12H2,1-2H3,(H4,21,22,23,24,25,26). The first-order chi connectivity index (χ1) is 13.0. The van der Waals surface area contributed by atoms with Crippen molar-refractivity contribution < 1.29 is 4.74 Å². The van der Waals surface area contributed by atoms with E-state index < -0.39 is 0 Å². The lowest BCUT2D eigenvalue weighted by atomic mass is 10.1. The van der Waals surface area contributed by atoms with Crippen LogP contribution in [0.15, 0.2) is 64.4 Å². The molecule has 4 N–H and O–H groups in total. The van der Waals surface area contributed by atoms with E-state index in [-0.39, 0.29) is 17.5 Å². The van der Waals surface area contributed by atoms with Crippen molar-refractivity contribution in [3.8, 4) is 5.75 Å². The summed E-state index contributed by atoms with van der Waals surface area (Å²) in [7, 11) is 1.60. The van der Waals surface area contributed by atoms with Gasteiger partial charge in [0.2, 0.25) is 11.9 Å². The first-order valence-corrected chi connectivity index (χ1v) is 8.44. The second-order valence-corrected chi connectivity index (χ2v) is 5.97. The monoisotopic (exact) mass is 363 g/mol. The maximum atomic E-state index is 12.4. The molecule has 1 aromatic heterocycles. The van der Waals surface area contributed by atoms with Gasteiger partial charge in [0.1, 0.15) is 5.75 Å². The molecule has 2 aromatic carbocycles. The van der Waals surface area contributed by atoms with Crippen molar-refractivity contribution >= 4 is 17.6 Å². The second-order valence-electron chi connectivity index (χ2n) is 5.97. The Morgan fingerprint density at radius 2 is 1.89 bits per heavy atom. The number of H-pyrrole nitrogens is 1. The van der Waals surface area contributed by atoms with Crippen LogP contribution in [0.1, 0.15) is 16.8 Å². The lowest BCUT2D eigenvalue weighted by Gasteiger charge is -2.08. The molecule has 0 saturated heterocycles. The van der Waals surface area contributed by atoms with Crippen LogP contribution in [0.4, 0.5) is 11.6 Å². The van der Waals surface area contributed by atoms with Crippen LogP contribution >= 0.6 is 0 Å². The van der Waals surface area contributed by atoms with Crippen molar-refractivity contribution in [2.75, 3.05) is 12.4 Å². The van der Waals surface area contributed by atoms with Gasteiger partial charge in [-0.25, -0.2) is 4.98 Å². The van der Waals surface area contributed by atoms with Crippen LogP contribution in [0.3, 0.4) is 0 Å². The highest BCUT2D eigenvalue weighted by atomic mass is 16.5. The number of methoxy groups -OCH3 is 1. The van der Waals surface area contributed by atoms with Crippen LogP contribution in [0, 0.1) is 6.92 Å². The number of guanidine groups is 1. The molecule has 27 heavy (non-hydrogen) atoms. The van der Waals surface area contributed by atoms with Gasteiger partial charge in [0, 0.05) is 17.7 Å². The predicted octanol–water partition coefficient (Wildman–Crippen LogP) is 2.74. The Labute approximate surface area is 157 Å². The van der Waals surface area contributed by atoms with Gasteiger partial charge in [0.15, 0.2) is 0 Å². The largest absolute Gasteiger partial charge is 0.497 e. The number of nitrogens with two attached hydrogens (primary N) is 1. The number of aliphatic imine (C=N–C) groups is 1. The highest BCUT2D eigenvalue weighted by molar-refractivity contribution is 5.93. The smallest absolute Gasteiger partial charge is 0.256 e. The van der Waals surface area contributed by atoms with Gasteiger partial charge in [-0.1, -0.05) is 30.3 Å². The Hall–Kier alpha value is -3.61. The molecule has 1 heterocycles. The first kappa shape index (κ1) is 18.2. The predicted molar refractivity (Wildman–Crippen MR) is 107 cm³/mol. The Balaban J connectivity index is 1.78. The molecule has 0 fully saturated rings. The topological polar surface area (TPSA) is 105 Å². The van der Waals surface area contributed by atoms with E-state index in [0.717, 1.165) is 17.0 Å². The molecule has 0 spiro atoms. The molecular weight excluding hydrogens is 342 g/mol. The Morgan fingerprint density at radius 3 is 2.52 bits per heavy atom. The summed E-state index contributed by atoms with van der Waals surface area (Å²) < 4.78 is 5.11. The number of hydrogen-bond acceptors (Lipinski definition) is 4. The van der Waals surface area contributed by atoms with Gasteiger partial charge in [0.25, 0.3) is 5.56 Å². The Morgan fingerprint density at radius 1 is 1.19 bits per heavy atom. The number of anilines is 1. The zero-order valence-electron chi connectivity index (χ0n) is 15.2. The van der Waals surface area contributed by atoms with E-state index in [1.807, 2.05) is 42.5 Å². The summed E-state index contributed by atoms with van der Waals surface area (Å²) in [6.07, 6.45) is 0.512. The lowest BCUT2D eigenvalue weighted by Crippen LogP contribution is -2.23. The fraction of sp³-hybridized carbons (Fsp3) is 0.150. The molecule has 3 rings (SSSR count). The van der Waals surface area contributed by atoms with Crippen molar-refractivity contribution in [2.24, 2.45) is 10.7 Å². The third-order valence-electron chi connectivity index (χ3n) is 4.02. The van der Waals surface area contributed by atoms with Gasteiger partial charge in [0.05, 0.1) is 12.8 Å². The molecule has 7 heteroatoms. The number of benzene rings is 2. The number of ether oxygens (including phenoxy) is 1. The normalized spacial score (nSPS) is 11.3. The maximum Gasteiger partial charge on any atom is 0.256 e. The molecule has 7 nitrogen and oxygen atoms in total. The minimum atomic E-state index is -0.220. The summed E-state index contributed by atoms with van der Waals surface area (Å²) in [6.45, 7) is 1.79. The van der Waals surface area contributed by atoms with E-state index in [1.54, 1.807) is 26.2 Å². The van der Waals surface area contributed by atoms with Crippen LogP contribution in [-0.2, 0) is 6.42 Å². The van der Waals surface area contributed by atoms with E-state index in [9.17, 15) is 4.79 Å². The third-order valence-corrected chi connectivity index (χ3v) is 4.02. The summed E-state index contributed by atoms with van der Waals surface area (Å²) in [5, 5.41) is 2.95. The van der Waals surface area contributed by atoms with E-state index in [0.29, 0.717) is 17.7 Å². The van der Waals surface area contributed by atoms with Gasteiger partial charge in [-0.2, -0.15) is 4.99 Å². The third kappa shape index (κ3) is 4.72. The summed E-state index contributed by atoms with van der Waals surface area (Å²) in [4.78, 5) is 23.6. The molecule has 0 aliphatic rings. The minimum Gasteiger partial charge on any atom is -0.497 e. The average Bonchev–Trinajstić information content (AvgIpc) is 2.66. The quantitative estimate of drug-likeness (QED) is 0.477. The van der Waals surface area contributed by atoms with Crippen molar-refractivity contribution in [2.45, 2.75) is 13.3 Å². The van der Waals surface area contributed by atoms with Crippen LogP contribution in [0.5, 0.6) is 5.75 Å². The summed E-state index contributed by atoms with van der Waals surface area (Å²) in [5.74, 6) is 1.03.